The fourth-order valence-electron chi connectivity index (χ4n) is 3.48. The second-order valence-corrected chi connectivity index (χ2v) is 7.51. The molecule has 0 aliphatic heterocycles. The minimum absolute atomic E-state index is 0.120. The monoisotopic (exact) mass is 355 g/mol. The molecule has 2 N–H and O–H groups in total. The van der Waals surface area contributed by atoms with Gasteiger partial charge in [0.2, 0.25) is 5.95 Å². The van der Waals surface area contributed by atoms with Crippen molar-refractivity contribution < 1.29 is 4.79 Å². The Kier molecular flexibility index (Phi) is 4.17. The van der Waals surface area contributed by atoms with Crippen LogP contribution in [0, 0.1) is 0 Å². The van der Waals surface area contributed by atoms with Gasteiger partial charge in [-0.05, 0) is 42.0 Å². The van der Waals surface area contributed by atoms with E-state index in [9.17, 15) is 4.79 Å². The molecule has 3 heterocycles. The Bertz CT molecular complexity index is 909. The van der Waals surface area contributed by atoms with Crippen molar-refractivity contribution >= 4 is 28.8 Å². The smallest absolute Gasteiger partial charge is 0.263 e. The van der Waals surface area contributed by atoms with Crippen LogP contribution in [0.4, 0.5) is 5.95 Å². The van der Waals surface area contributed by atoms with E-state index in [4.69, 9.17) is 5.73 Å². The van der Waals surface area contributed by atoms with Gasteiger partial charge in [-0.2, -0.15) is 4.98 Å². The molecule has 25 heavy (non-hydrogen) atoms. The number of hydrogen-bond acceptors (Lipinski definition) is 5. The van der Waals surface area contributed by atoms with E-state index in [2.05, 4.69) is 10.1 Å². The number of rotatable bonds is 3. The lowest BCUT2D eigenvalue weighted by molar-refractivity contribution is 0.0701. The molecule has 0 bridgehead atoms. The van der Waals surface area contributed by atoms with Crippen molar-refractivity contribution in [2.75, 3.05) is 12.8 Å². The first-order chi connectivity index (χ1) is 12.1. The number of pyridine rings is 1. The van der Waals surface area contributed by atoms with Gasteiger partial charge in [0.15, 0.2) is 5.65 Å². The quantitative estimate of drug-likeness (QED) is 0.781. The number of hydrogen-bond donors (Lipinski definition) is 1. The number of aromatic nitrogens is 3. The lowest BCUT2D eigenvalue weighted by Crippen LogP contribution is -2.37. The zero-order valence-corrected chi connectivity index (χ0v) is 15.0. The van der Waals surface area contributed by atoms with Gasteiger partial charge in [0.25, 0.3) is 5.91 Å². The summed E-state index contributed by atoms with van der Waals surface area (Å²) in [4.78, 5) is 19.6. The summed E-state index contributed by atoms with van der Waals surface area (Å²) in [6, 6.07) is 6.20. The number of anilines is 1. The highest BCUT2D eigenvalue weighted by Crippen LogP contribution is 2.29. The molecule has 3 aromatic rings. The molecule has 0 radical (unpaired) electrons. The lowest BCUT2D eigenvalue weighted by atomic mass is 9.94. The zero-order valence-electron chi connectivity index (χ0n) is 14.2. The van der Waals surface area contributed by atoms with Crippen LogP contribution in [0.3, 0.4) is 0 Å². The Balaban J connectivity index is 1.56. The molecule has 0 spiro atoms. The number of nitrogen functional groups attached to an aromatic ring is 1. The third-order valence-electron chi connectivity index (χ3n) is 4.93. The van der Waals surface area contributed by atoms with Crippen molar-refractivity contribution in [2.24, 2.45) is 0 Å². The maximum Gasteiger partial charge on any atom is 0.263 e. The van der Waals surface area contributed by atoms with Crippen molar-refractivity contribution in [2.45, 2.75) is 38.1 Å². The number of fused-ring (bicyclic) bond motifs is 1. The maximum absolute atomic E-state index is 12.8. The van der Waals surface area contributed by atoms with Crippen LogP contribution in [0.2, 0.25) is 0 Å². The molecule has 1 amide bonds. The van der Waals surface area contributed by atoms with Gasteiger partial charge in [0, 0.05) is 24.8 Å². The van der Waals surface area contributed by atoms with E-state index < -0.39 is 0 Å². The Morgan fingerprint density at radius 1 is 1.28 bits per heavy atom. The van der Waals surface area contributed by atoms with Crippen LogP contribution >= 0.6 is 11.3 Å². The van der Waals surface area contributed by atoms with Gasteiger partial charge >= 0.3 is 0 Å². The molecule has 6 nitrogen and oxygen atoms in total. The number of nitrogens with zero attached hydrogens (tertiary/aromatic N) is 4. The minimum atomic E-state index is 0.120. The first kappa shape index (κ1) is 16.1. The highest BCUT2D eigenvalue weighted by molar-refractivity contribution is 7.12. The molecule has 1 aliphatic rings. The fraction of sp³-hybridized carbons (Fsp3) is 0.389. The standard InChI is InChI=1S/C18H21N5OS/c1-22(14-5-3-2-4-6-14)17(24)15-9-13(11-25-15)12-7-8-16-20-18(19)21-23(16)10-12/h7-11,14H,2-6H2,1H3,(H2,19,21). The van der Waals surface area contributed by atoms with Gasteiger partial charge in [0.05, 0.1) is 4.88 Å². The van der Waals surface area contributed by atoms with Crippen LogP contribution in [0.1, 0.15) is 41.8 Å². The highest BCUT2D eigenvalue weighted by Gasteiger charge is 2.24. The molecule has 4 rings (SSSR count). The van der Waals surface area contributed by atoms with Crippen LogP contribution in [0.5, 0.6) is 0 Å². The average Bonchev–Trinajstić information content (AvgIpc) is 3.26. The summed E-state index contributed by atoms with van der Waals surface area (Å²) >= 11 is 1.49. The van der Waals surface area contributed by atoms with E-state index in [0.29, 0.717) is 11.7 Å². The van der Waals surface area contributed by atoms with Crippen molar-refractivity contribution in [3.63, 3.8) is 0 Å². The number of carbonyl (C=O) groups is 1. The number of nitrogens with two attached hydrogens (primary N) is 1. The summed E-state index contributed by atoms with van der Waals surface area (Å²) in [6.45, 7) is 0. The number of thiophene rings is 1. The van der Waals surface area contributed by atoms with E-state index in [0.717, 1.165) is 28.8 Å². The summed E-state index contributed by atoms with van der Waals surface area (Å²) in [5.41, 5.74) is 8.36. The van der Waals surface area contributed by atoms with Gasteiger partial charge in [-0.3, -0.25) is 4.79 Å². The maximum atomic E-state index is 12.8. The molecular formula is C18H21N5OS. The second kappa shape index (κ2) is 6.48. The van der Waals surface area contributed by atoms with Crippen LogP contribution in [0.25, 0.3) is 16.8 Å². The first-order valence-electron chi connectivity index (χ1n) is 8.60. The van der Waals surface area contributed by atoms with Gasteiger partial charge in [-0.1, -0.05) is 19.3 Å². The third-order valence-corrected chi connectivity index (χ3v) is 5.85. The summed E-state index contributed by atoms with van der Waals surface area (Å²) in [5, 5.41) is 6.16. The Morgan fingerprint density at radius 3 is 2.88 bits per heavy atom. The average molecular weight is 355 g/mol. The highest BCUT2D eigenvalue weighted by atomic mass is 32.1. The molecule has 3 aromatic heterocycles. The van der Waals surface area contributed by atoms with E-state index in [1.165, 1.54) is 30.6 Å². The molecule has 7 heteroatoms. The molecule has 0 unspecified atom stereocenters. The molecule has 1 saturated carbocycles. The number of amides is 1. The zero-order chi connectivity index (χ0) is 17.4. The largest absolute Gasteiger partial charge is 0.366 e. The summed E-state index contributed by atoms with van der Waals surface area (Å²) in [7, 11) is 1.93. The van der Waals surface area contributed by atoms with Gasteiger partial charge in [-0.25, -0.2) is 4.52 Å². The molecule has 1 fully saturated rings. The minimum Gasteiger partial charge on any atom is -0.366 e. The summed E-state index contributed by atoms with van der Waals surface area (Å²) in [6.07, 6.45) is 7.85. The van der Waals surface area contributed by atoms with Crippen molar-refractivity contribution in [1.29, 1.82) is 0 Å². The van der Waals surface area contributed by atoms with Crippen molar-refractivity contribution in [3.05, 3.63) is 34.7 Å². The van der Waals surface area contributed by atoms with E-state index in [1.807, 2.05) is 41.7 Å². The SMILES string of the molecule is CN(C(=O)c1cc(-c2ccc3nc(N)nn3c2)cs1)C1CCCCC1. The predicted octanol–water partition coefficient (Wildman–Crippen LogP) is 3.44. The van der Waals surface area contributed by atoms with Gasteiger partial charge < -0.3 is 10.6 Å². The normalized spacial score (nSPS) is 15.6. The van der Waals surface area contributed by atoms with Crippen molar-refractivity contribution in [3.8, 4) is 11.1 Å². The third kappa shape index (κ3) is 3.11. The first-order valence-corrected chi connectivity index (χ1v) is 9.48. The van der Waals surface area contributed by atoms with E-state index >= 15 is 0 Å². The van der Waals surface area contributed by atoms with Crippen LogP contribution in [-0.2, 0) is 0 Å². The van der Waals surface area contributed by atoms with Crippen LogP contribution in [-0.4, -0.2) is 38.5 Å². The van der Waals surface area contributed by atoms with E-state index in [1.54, 1.807) is 4.52 Å². The summed E-state index contributed by atoms with van der Waals surface area (Å²) < 4.78 is 1.66. The predicted molar refractivity (Wildman–Crippen MR) is 99.7 cm³/mol. The van der Waals surface area contributed by atoms with Gasteiger partial charge in [0.1, 0.15) is 0 Å². The topological polar surface area (TPSA) is 76.5 Å². The van der Waals surface area contributed by atoms with Crippen molar-refractivity contribution in [1.82, 2.24) is 19.5 Å². The Hall–Kier alpha value is -2.41. The molecule has 0 saturated heterocycles. The molecule has 1 aliphatic carbocycles. The second-order valence-electron chi connectivity index (χ2n) is 6.60. The summed E-state index contributed by atoms with van der Waals surface area (Å²) in [5.74, 6) is 0.377. The molecule has 130 valence electrons. The van der Waals surface area contributed by atoms with Crippen LogP contribution in [0.15, 0.2) is 29.8 Å². The van der Waals surface area contributed by atoms with E-state index in [-0.39, 0.29) is 11.9 Å². The Morgan fingerprint density at radius 2 is 2.08 bits per heavy atom. The number of carbonyl (C=O) groups excluding carboxylic acids is 1. The lowest BCUT2D eigenvalue weighted by Gasteiger charge is -2.30. The molecule has 0 atom stereocenters. The fourth-order valence-corrected chi connectivity index (χ4v) is 4.38. The molecular weight excluding hydrogens is 334 g/mol. The Labute approximate surface area is 150 Å². The molecule has 0 aromatic carbocycles. The van der Waals surface area contributed by atoms with Gasteiger partial charge in [-0.15, -0.1) is 16.4 Å². The van der Waals surface area contributed by atoms with Crippen LogP contribution < -0.4 is 5.73 Å².